The van der Waals surface area contributed by atoms with Gasteiger partial charge in [0, 0.05) is 25.3 Å². The molecule has 5 rings (SSSR count). The van der Waals surface area contributed by atoms with Crippen molar-refractivity contribution < 1.29 is 4.79 Å². The third kappa shape index (κ3) is 3.79. The first-order chi connectivity index (χ1) is 14.6. The zero-order valence-corrected chi connectivity index (χ0v) is 17.4. The summed E-state index contributed by atoms with van der Waals surface area (Å²) in [5.74, 6) is 1.52. The molecule has 3 aromatic rings. The van der Waals surface area contributed by atoms with Gasteiger partial charge in [0.2, 0.25) is 0 Å². The van der Waals surface area contributed by atoms with Crippen LogP contribution in [0.25, 0.3) is 11.7 Å². The lowest BCUT2D eigenvalue weighted by molar-refractivity contribution is 0.0935. The maximum Gasteiger partial charge on any atom is 0.270 e. The van der Waals surface area contributed by atoms with Crippen LogP contribution in [0.4, 0.5) is 5.82 Å². The van der Waals surface area contributed by atoms with Gasteiger partial charge >= 0.3 is 0 Å². The topological polar surface area (TPSA) is 75.4 Å². The lowest BCUT2D eigenvalue weighted by Crippen LogP contribution is -2.37. The number of fused-ring (bicyclic) bond motifs is 1. The van der Waals surface area contributed by atoms with Crippen molar-refractivity contribution in [2.75, 3.05) is 18.0 Å². The molecule has 7 heteroatoms. The van der Waals surface area contributed by atoms with Crippen LogP contribution in [0.15, 0.2) is 36.7 Å². The summed E-state index contributed by atoms with van der Waals surface area (Å²) < 4.78 is 1.85. The molecule has 7 nitrogen and oxygen atoms in total. The molecule has 2 aliphatic rings. The molecule has 0 unspecified atom stereocenters. The van der Waals surface area contributed by atoms with Crippen LogP contribution in [0.3, 0.4) is 0 Å². The van der Waals surface area contributed by atoms with E-state index in [9.17, 15) is 4.79 Å². The van der Waals surface area contributed by atoms with Gasteiger partial charge in [0.15, 0.2) is 5.65 Å². The molecule has 0 spiro atoms. The molecule has 0 radical (unpaired) electrons. The maximum absolute atomic E-state index is 12.7. The fraction of sp³-hybridized carbons (Fsp3) is 0.391. The average Bonchev–Trinajstić information content (AvgIpc) is 3.34. The van der Waals surface area contributed by atoms with Crippen molar-refractivity contribution in [3.05, 3.63) is 59.2 Å². The average molecular weight is 403 g/mol. The Hall–Kier alpha value is -3.22. The van der Waals surface area contributed by atoms with Gasteiger partial charge in [-0.3, -0.25) is 9.78 Å². The molecule has 1 aliphatic heterocycles. The largest absolute Gasteiger partial charge is 0.353 e. The number of nitrogens with one attached hydrogen (secondary N) is 1. The van der Waals surface area contributed by atoms with Gasteiger partial charge in [-0.25, -0.2) is 9.50 Å². The number of imidazole rings is 1. The second kappa shape index (κ2) is 7.55. The van der Waals surface area contributed by atoms with E-state index in [-0.39, 0.29) is 11.9 Å². The summed E-state index contributed by atoms with van der Waals surface area (Å²) in [6.45, 7) is 5.61. The molecule has 1 saturated heterocycles. The van der Waals surface area contributed by atoms with E-state index in [1.165, 1.54) is 12.8 Å². The Morgan fingerprint density at radius 2 is 2.03 bits per heavy atom. The molecule has 1 N–H and O–H groups in total. The fourth-order valence-electron chi connectivity index (χ4n) is 3.89. The molecule has 1 amide bonds. The monoisotopic (exact) mass is 402 g/mol. The van der Waals surface area contributed by atoms with Gasteiger partial charge in [-0.15, -0.1) is 5.10 Å². The Kier molecular flexibility index (Phi) is 4.73. The summed E-state index contributed by atoms with van der Waals surface area (Å²) in [6, 6.07) is 5.93. The fourth-order valence-corrected chi connectivity index (χ4v) is 3.89. The molecule has 1 atom stereocenters. The van der Waals surface area contributed by atoms with Gasteiger partial charge in [-0.05, 0) is 68.4 Å². The van der Waals surface area contributed by atoms with Crippen molar-refractivity contribution in [1.29, 1.82) is 0 Å². The van der Waals surface area contributed by atoms with Crippen LogP contribution >= 0.6 is 0 Å². The second-order valence-corrected chi connectivity index (χ2v) is 8.39. The Labute approximate surface area is 175 Å². The van der Waals surface area contributed by atoms with Crippen LogP contribution < -0.4 is 10.2 Å². The van der Waals surface area contributed by atoms with E-state index < -0.39 is 0 Å². The Bertz CT molecular complexity index is 1130. The van der Waals surface area contributed by atoms with E-state index in [0.29, 0.717) is 5.69 Å². The number of rotatable bonds is 5. The number of aryl methyl sites for hydroxylation is 2. The lowest BCUT2D eigenvalue weighted by Gasteiger charge is -2.18. The number of aromatic nitrogens is 4. The van der Waals surface area contributed by atoms with Crippen LogP contribution in [0.5, 0.6) is 0 Å². The standard InChI is InChI=1S/C23H26N6O/c1-15-11-20(24-13-18(15)6-5-17-3-4-17)23(30)26-19-9-10-28(14-19)22-8-7-21-25-12-16(2)29(21)27-22/h5-8,11-13,17,19H,3-4,9-10,14H2,1-2H3,(H,26,30)/b6-5+/t19-/m0/s1. The van der Waals surface area contributed by atoms with Crippen LogP contribution in [-0.4, -0.2) is 44.6 Å². The normalized spacial score (nSPS) is 19.1. The van der Waals surface area contributed by atoms with Crippen molar-refractivity contribution in [3.8, 4) is 0 Å². The Balaban J connectivity index is 1.23. The minimum atomic E-state index is -0.114. The molecule has 1 saturated carbocycles. The number of nitrogens with zero attached hydrogens (tertiary/aromatic N) is 5. The highest BCUT2D eigenvalue weighted by Crippen LogP contribution is 2.31. The molecule has 3 aromatic heterocycles. The zero-order valence-electron chi connectivity index (χ0n) is 17.4. The summed E-state index contributed by atoms with van der Waals surface area (Å²) in [7, 11) is 0. The van der Waals surface area contributed by atoms with Crippen molar-refractivity contribution in [3.63, 3.8) is 0 Å². The number of hydrogen-bond acceptors (Lipinski definition) is 5. The lowest BCUT2D eigenvalue weighted by atomic mass is 10.1. The number of anilines is 1. The summed E-state index contributed by atoms with van der Waals surface area (Å²) in [6.07, 6.45) is 11.4. The first-order valence-corrected chi connectivity index (χ1v) is 10.6. The van der Waals surface area contributed by atoms with E-state index in [2.05, 4.69) is 32.3 Å². The van der Waals surface area contributed by atoms with Crippen molar-refractivity contribution in [1.82, 2.24) is 24.9 Å². The number of hydrogen-bond donors (Lipinski definition) is 1. The number of pyridine rings is 1. The minimum Gasteiger partial charge on any atom is -0.353 e. The maximum atomic E-state index is 12.7. The van der Waals surface area contributed by atoms with Gasteiger partial charge in [-0.1, -0.05) is 12.2 Å². The summed E-state index contributed by atoms with van der Waals surface area (Å²) in [5.41, 5.74) is 4.49. The van der Waals surface area contributed by atoms with Crippen LogP contribution in [0.1, 0.15) is 46.6 Å². The van der Waals surface area contributed by atoms with Gasteiger partial charge in [-0.2, -0.15) is 0 Å². The molecule has 0 aromatic carbocycles. The first kappa shape index (κ1) is 18.8. The second-order valence-electron chi connectivity index (χ2n) is 8.39. The summed E-state index contributed by atoms with van der Waals surface area (Å²) >= 11 is 0. The Morgan fingerprint density at radius 1 is 1.17 bits per heavy atom. The molecular formula is C23H26N6O. The van der Waals surface area contributed by atoms with Gasteiger partial charge in [0.05, 0.1) is 11.9 Å². The van der Waals surface area contributed by atoms with E-state index >= 15 is 0 Å². The molecule has 30 heavy (non-hydrogen) atoms. The number of amides is 1. The van der Waals surface area contributed by atoms with Gasteiger partial charge in [0.25, 0.3) is 5.91 Å². The molecule has 154 valence electrons. The van der Waals surface area contributed by atoms with Crippen LogP contribution in [0, 0.1) is 19.8 Å². The molecule has 0 bridgehead atoms. The SMILES string of the molecule is Cc1cc(C(=O)N[C@H]2CCN(c3ccc4ncc(C)n4n3)C2)ncc1/C=C/C1CC1. The highest BCUT2D eigenvalue weighted by Gasteiger charge is 2.26. The third-order valence-corrected chi connectivity index (χ3v) is 5.92. The van der Waals surface area contributed by atoms with E-state index in [1.54, 1.807) is 6.20 Å². The Morgan fingerprint density at radius 3 is 2.83 bits per heavy atom. The van der Waals surface area contributed by atoms with Crippen molar-refractivity contribution >= 4 is 23.4 Å². The number of carbonyl (C=O) groups is 1. The predicted octanol–water partition coefficient (Wildman–Crippen LogP) is 3.17. The number of carbonyl (C=O) groups excluding carboxylic acids is 1. The summed E-state index contributed by atoms with van der Waals surface area (Å²) in [4.78, 5) is 23.7. The zero-order chi connectivity index (χ0) is 20.7. The molecule has 4 heterocycles. The van der Waals surface area contributed by atoms with Crippen LogP contribution in [-0.2, 0) is 0 Å². The minimum absolute atomic E-state index is 0.0791. The van der Waals surface area contributed by atoms with Gasteiger partial charge in [0.1, 0.15) is 11.5 Å². The quantitative estimate of drug-likeness (QED) is 0.709. The van der Waals surface area contributed by atoms with Crippen molar-refractivity contribution in [2.24, 2.45) is 5.92 Å². The third-order valence-electron chi connectivity index (χ3n) is 5.92. The number of allylic oxidation sites excluding steroid dienone is 1. The van der Waals surface area contributed by atoms with E-state index in [4.69, 9.17) is 5.10 Å². The van der Waals surface area contributed by atoms with Gasteiger partial charge < -0.3 is 10.2 Å². The van der Waals surface area contributed by atoms with E-state index in [1.807, 2.05) is 42.8 Å². The smallest absolute Gasteiger partial charge is 0.270 e. The van der Waals surface area contributed by atoms with E-state index in [0.717, 1.165) is 53.7 Å². The molecule has 2 fully saturated rings. The van der Waals surface area contributed by atoms with Crippen LogP contribution in [0.2, 0.25) is 0 Å². The first-order valence-electron chi connectivity index (χ1n) is 10.6. The molecular weight excluding hydrogens is 376 g/mol. The predicted molar refractivity (Wildman–Crippen MR) is 117 cm³/mol. The highest BCUT2D eigenvalue weighted by atomic mass is 16.2. The highest BCUT2D eigenvalue weighted by molar-refractivity contribution is 5.93. The van der Waals surface area contributed by atoms with Crippen molar-refractivity contribution in [2.45, 2.75) is 39.2 Å². The molecule has 1 aliphatic carbocycles. The summed E-state index contributed by atoms with van der Waals surface area (Å²) in [5, 5.41) is 7.83.